The average Bonchev–Trinajstić information content (AvgIpc) is 2.26. The number of amides is 1. The Morgan fingerprint density at radius 2 is 2.12 bits per heavy atom. The lowest BCUT2D eigenvalue weighted by atomic mass is 9.80. The van der Waals surface area contributed by atoms with E-state index in [1.54, 1.807) is 0 Å². The minimum atomic E-state index is 0.191. The molecule has 1 amide bonds. The van der Waals surface area contributed by atoms with E-state index in [2.05, 4.69) is 5.32 Å². The molecule has 0 aromatic rings. The van der Waals surface area contributed by atoms with Crippen LogP contribution in [0.25, 0.3) is 0 Å². The van der Waals surface area contributed by atoms with Crippen LogP contribution in [0.3, 0.4) is 0 Å². The third-order valence-electron chi connectivity index (χ3n) is 3.20. The molecule has 0 atom stereocenters. The van der Waals surface area contributed by atoms with Crippen LogP contribution >= 0.6 is 11.6 Å². The lowest BCUT2D eigenvalue weighted by Crippen LogP contribution is -2.36. The summed E-state index contributed by atoms with van der Waals surface area (Å²) in [5, 5.41) is 2.96. The number of ether oxygens (including phenoxy) is 1. The highest BCUT2D eigenvalue weighted by Crippen LogP contribution is 2.32. The number of nitrogens with one attached hydrogen (secondary N) is 1. The fourth-order valence-corrected chi connectivity index (χ4v) is 2.36. The maximum atomic E-state index is 11.6. The van der Waals surface area contributed by atoms with Gasteiger partial charge in [0.1, 0.15) is 0 Å². The SMILES string of the molecule is CCOC1CC(CC(=O)NCCCCCCl)C1. The number of hydrogen-bond acceptors (Lipinski definition) is 2. The van der Waals surface area contributed by atoms with Gasteiger partial charge in [-0.1, -0.05) is 6.42 Å². The van der Waals surface area contributed by atoms with Gasteiger partial charge < -0.3 is 10.1 Å². The number of carbonyl (C=O) groups is 1. The van der Waals surface area contributed by atoms with Gasteiger partial charge in [-0.25, -0.2) is 0 Å². The van der Waals surface area contributed by atoms with Gasteiger partial charge in [-0.3, -0.25) is 4.79 Å². The first kappa shape index (κ1) is 14.8. The molecule has 3 nitrogen and oxygen atoms in total. The minimum Gasteiger partial charge on any atom is -0.378 e. The van der Waals surface area contributed by atoms with Gasteiger partial charge in [-0.15, -0.1) is 11.6 Å². The van der Waals surface area contributed by atoms with E-state index in [0.29, 0.717) is 18.4 Å². The normalized spacial score (nSPS) is 23.2. The van der Waals surface area contributed by atoms with Crippen molar-refractivity contribution < 1.29 is 9.53 Å². The van der Waals surface area contributed by atoms with Crippen LogP contribution in [-0.4, -0.2) is 31.0 Å². The zero-order valence-corrected chi connectivity index (χ0v) is 11.5. The zero-order chi connectivity index (χ0) is 12.5. The molecule has 100 valence electrons. The lowest BCUT2D eigenvalue weighted by Gasteiger charge is -2.34. The monoisotopic (exact) mass is 261 g/mol. The van der Waals surface area contributed by atoms with Crippen LogP contribution in [0.1, 0.15) is 45.4 Å². The van der Waals surface area contributed by atoms with Crippen LogP contribution in [0.2, 0.25) is 0 Å². The summed E-state index contributed by atoms with van der Waals surface area (Å²) in [5.41, 5.74) is 0. The first-order valence-electron chi connectivity index (χ1n) is 6.70. The van der Waals surface area contributed by atoms with Crippen molar-refractivity contribution in [3.8, 4) is 0 Å². The number of unbranched alkanes of at least 4 members (excludes halogenated alkanes) is 2. The van der Waals surface area contributed by atoms with Gasteiger partial charge in [0.05, 0.1) is 6.10 Å². The number of rotatable bonds is 9. The summed E-state index contributed by atoms with van der Waals surface area (Å²) in [6.07, 6.45) is 6.34. The molecule has 0 spiro atoms. The number of halogens is 1. The van der Waals surface area contributed by atoms with E-state index in [4.69, 9.17) is 16.3 Å². The Kier molecular flexibility index (Phi) is 7.62. The van der Waals surface area contributed by atoms with Crippen molar-refractivity contribution in [2.75, 3.05) is 19.0 Å². The molecule has 17 heavy (non-hydrogen) atoms. The quantitative estimate of drug-likeness (QED) is 0.512. The smallest absolute Gasteiger partial charge is 0.220 e. The fraction of sp³-hybridized carbons (Fsp3) is 0.923. The topological polar surface area (TPSA) is 38.3 Å². The Hall–Kier alpha value is -0.280. The van der Waals surface area contributed by atoms with Crippen LogP contribution < -0.4 is 5.32 Å². The molecule has 0 aromatic heterocycles. The molecule has 0 aliphatic heterocycles. The third-order valence-corrected chi connectivity index (χ3v) is 3.47. The molecule has 1 fully saturated rings. The van der Waals surface area contributed by atoms with E-state index in [1.165, 1.54) is 0 Å². The fourth-order valence-electron chi connectivity index (χ4n) is 2.17. The lowest BCUT2D eigenvalue weighted by molar-refractivity contribution is -0.124. The third kappa shape index (κ3) is 6.27. The van der Waals surface area contributed by atoms with E-state index >= 15 is 0 Å². The molecular formula is C13H24ClNO2. The molecule has 0 heterocycles. The summed E-state index contributed by atoms with van der Waals surface area (Å²) in [5.74, 6) is 1.44. The molecule has 1 aliphatic carbocycles. The highest BCUT2D eigenvalue weighted by Gasteiger charge is 2.30. The van der Waals surface area contributed by atoms with E-state index in [0.717, 1.165) is 51.1 Å². The highest BCUT2D eigenvalue weighted by molar-refractivity contribution is 6.17. The Bertz CT molecular complexity index is 217. The van der Waals surface area contributed by atoms with Crippen molar-refractivity contribution in [1.29, 1.82) is 0 Å². The van der Waals surface area contributed by atoms with Gasteiger partial charge >= 0.3 is 0 Å². The molecule has 1 N–H and O–H groups in total. The summed E-state index contributed by atoms with van der Waals surface area (Å²) in [7, 11) is 0. The summed E-state index contributed by atoms with van der Waals surface area (Å²) in [6.45, 7) is 3.59. The molecule has 1 saturated carbocycles. The van der Waals surface area contributed by atoms with Gasteiger partial charge in [0, 0.05) is 25.5 Å². The van der Waals surface area contributed by atoms with Crippen LogP contribution in [0, 0.1) is 5.92 Å². The van der Waals surface area contributed by atoms with Crippen molar-refractivity contribution in [3.05, 3.63) is 0 Å². The summed E-state index contributed by atoms with van der Waals surface area (Å²) < 4.78 is 5.47. The molecular weight excluding hydrogens is 238 g/mol. The van der Waals surface area contributed by atoms with Gasteiger partial charge in [0.2, 0.25) is 5.91 Å². The first-order chi connectivity index (χ1) is 8.26. The first-order valence-corrected chi connectivity index (χ1v) is 7.24. The molecule has 0 radical (unpaired) electrons. The Labute approximate surface area is 109 Å². The van der Waals surface area contributed by atoms with E-state index < -0.39 is 0 Å². The van der Waals surface area contributed by atoms with E-state index in [-0.39, 0.29) is 5.91 Å². The predicted octanol–water partition coefficient (Wildman–Crippen LogP) is 2.72. The second-order valence-electron chi connectivity index (χ2n) is 4.72. The van der Waals surface area contributed by atoms with Crippen molar-refractivity contribution >= 4 is 17.5 Å². The van der Waals surface area contributed by atoms with E-state index in [9.17, 15) is 4.79 Å². The van der Waals surface area contributed by atoms with Crippen molar-refractivity contribution in [2.45, 2.75) is 51.6 Å². The maximum absolute atomic E-state index is 11.6. The molecule has 1 aliphatic rings. The van der Waals surface area contributed by atoms with Crippen LogP contribution in [-0.2, 0) is 9.53 Å². The standard InChI is InChI=1S/C13H24ClNO2/c1-2-17-12-8-11(9-12)10-13(16)15-7-5-3-4-6-14/h11-12H,2-10H2,1H3,(H,15,16). The summed E-state index contributed by atoms with van der Waals surface area (Å²) in [4.78, 5) is 11.6. The number of hydrogen-bond donors (Lipinski definition) is 1. The molecule has 0 bridgehead atoms. The predicted molar refractivity (Wildman–Crippen MR) is 70.3 cm³/mol. The van der Waals surface area contributed by atoms with Crippen molar-refractivity contribution in [2.24, 2.45) is 5.92 Å². The van der Waals surface area contributed by atoms with Gasteiger partial charge in [-0.2, -0.15) is 0 Å². The van der Waals surface area contributed by atoms with Crippen molar-refractivity contribution in [3.63, 3.8) is 0 Å². The number of alkyl halides is 1. The Morgan fingerprint density at radius 1 is 1.35 bits per heavy atom. The number of carbonyl (C=O) groups excluding carboxylic acids is 1. The summed E-state index contributed by atoms with van der Waals surface area (Å²) >= 11 is 5.58. The van der Waals surface area contributed by atoms with Gasteiger partial charge in [-0.05, 0) is 38.5 Å². The molecule has 0 unspecified atom stereocenters. The summed E-state index contributed by atoms with van der Waals surface area (Å²) in [6, 6.07) is 0. The second-order valence-corrected chi connectivity index (χ2v) is 5.10. The van der Waals surface area contributed by atoms with Crippen LogP contribution in [0.15, 0.2) is 0 Å². The van der Waals surface area contributed by atoms with Crippen LogP contribution in [0.5, 0.6) is 0 Å². The maximum Gasteiger partial charge on any atom is 0.220 e. The minimum absolute atomic E-state index is 0.191. The van der Waals surface area contributed by atoms with Crippen molar-refractivity contribution in [1.82, 2.24) is 5.32 Å². The Morgan fingerprint density at radius 3 is 2.76 bits per heavy atom. The molecule has 4 heteroatoms. The van der Waals surface area contributed by atoms with Crippen LogP contribution in [0.4, 0.5) is 0 Å². The second kappa shape index (κ2) is 8.76. The Balaban J connectivity index is 1.92. The largest absolute Gasteiger partial charge is 0.378 e. The van der Waals surface area contributed by atoms with Gasteiger partial charge in [0.15, 0.2) is 0 Å². The highest BCUT2D eigenvalue weighted by atomic mass is 35.5. The van der Waals surface area contributed by atoms with Gasteiger partial charge in [0.25, 0.3) is 0 Å². The van der Waals surface area contributed by atoms with E-state index in [1.807, 2.05) is 6.92 Å². The zero-order valence-electron chi connectivity index (χ0n) is 10.7. The average molecular weight is 262 g/mol. The molecule has 0 saturated heterocycles. The molecule has 0 aromatic carbocycles. The molecule has 1 rings (SSSR count).